The Labute approximate surface area is 88.3 Å². The Hall–Kier alpha value is -0.260. The smallest absolute Gasteiger partial charge is 0.239 e. The van der Waals surface area contributed by atoms with Gasteiger partial charge in [0.05, 0.1) is 13.2 Å². The third-order valence-corrected chi connectivity index (χ3v) is 3.09. The first-order valence-electron chi connectivity index (χ1n) is 5.49. The van der Waals surface area contributed by atoms with E-state index < -0.39 is 6.43 Å². The molecule has 0 saturated carbocycles. The van der Waals surface area contributed by atoms with Crippen molar-refractivity contribution in [2.45, 2.75) is 31.5 Å². The first-order chi connectivity index (χ1) is 7.20. The van der Waals surface area contributed by atoms with E-state index in [1.807, 2.05) is 0 Å². The molecule has 0 atom stereocenters. The zero-order chi connectivity index (χ0) is 10.7. The van der Waals surface area contributed by atoms with Crippen molar-refractivity contribution in [3.05, 3.63) is 0 Å². The van der Waals surface area contributed by atoms with Gasteiger partial charge in [0, 0.05) is 38.9 Å². The van der Waals surface area contributed by atoms with Gasteiger partial charge in [-0.2, -0.15) is 0 Å². The van der Waals surface area contributed by atoms with Crippen molar-refractivity contribution < 1.29 is 18.3 Å². The number of hydrogen-bond acceptors (Lipinski definition) is 3. The van der Waals surface area contributed by atoms with Crippen molar-refractivity contribution in [3.63, 3.8) is 0 Å². The van der Waals surface area contributed by atoms with E-state index in [2.05, 4.69) is 4.90 Å². The van der Waals surface area contributed by atoms with Gasteiger partial charge >= 0.3 is 0 Å². The molecule has 88 valence electrons. The number of piperidine rings is 1. The molecule has 2 aliphatic heterocycles. The van der Waals surface area contributed by atoms with Crippen LogP contribution < -0.4 is 0 Å². The van der Waals surface area contributed by atoms with E-state index in [1.165, 1.54) is 0 Å². The summed E-state index contributed by atoms with van der Waals surface area (Å²) in [5, 5.41) is 0. The van der Waals surface area contributed by atoms with Crippen LogP contribution in [-0.4, -0.2) is 50.0 Å². The number of halogens is 2. The molecule has 0 aromatic carbocycles. The van der Waals surface area contributed by atoms with Crippen LogP contribution in [0.25, 0.3) is 0 Å². The van der Waals surface area contributed by atoms with Gasteiger partial charge in [-0.15, -0.1) is 0 Å². The van der Waals surface area contributed by atoms with Gasteiger partial charge in [0.15, 0.2) is 5.79 Å². The van der Waals surface area contributed by atoms with Gasteiger partial charge in [-0.3, -0.25) is 0 Å². The molecule has 0 aromatic rings. The molecule has 0 unspecified atom stereocenters. The quantitative estimate of drug-likeness (QED) is 0.720. The summed E-state index contributed by atoms with van der Waals surface area (Å²) in [7, 11) is 0. The molecular weight excluding hydrogens is 204 g/mol. The van der Waals surface area contributed by atoms with Gasteiger partial charge < -0.3 is 14.4 Å². The SMILES string of the molecule is FC(F)CCN1CCC2(CC1)OCCO2. The van der Waals surface area contributed by atoms with Crippen LogP contribution in [0.3, 0.4) is 0 Å². The molecule has 2 aliphatic rings. The Bertz CT molecular complexity index is 198. The van der Waals surface area contributed by atoms with Crippen LogP contribution in [0.15, 0.2) is 0 Å². The molecule has 2 rings (SSSR count). The van der Waals surface area contributed by atoms with E-state index in [0.717, 1.165) is 25.9 Å². The third-order valence-electron chi connectivity index (χ3n) is 3.09. The highest BCUT2D eigenvalue weighted by Gasteiger charge is 2.39. The van der Waals surface area contributed by atoms with Gasteiger partial charge in [-0.1, -0.05) is 0 Å². The fraction of sp³-hybridized carbons (Fsp3) is 1.00. The van der Waals surface area contributed by atoms with E-state index in [9.17, 15) is 8.78 Å². The Balaban J connectivity index is 1.72. The number of nitrogens with zero attached hydrogens (tertiary/aromatic N) is 1. The topological polar surface area (TPSA) is 21.7 Å². The molecule has 3 nitrogen and oxygen atoms in total. The van der Waals surface area contributed by atoms with Crippen LogP contribution in [-0.2, 0) is 9.47 Å². The highest BCUT2D eigenvalue weighted by molar-refractivity contribution is 4.82. The number of ether oxygens (including phenoxy) is 2. The lowest BCUT2D eigenvalue weighted by molar-refractivity contribution is -0.185. The summed E-state index contributed by atoms with van der Waals surface area (Å²) >= 11 is 0. The van der Waals surface area contributed by atoms with Gasteiger partial charge in [-0.25, -0.2) is 8.78 Å². The molecule has 2 fully saturated rings. The van der Waals surface area contributed by atoms with E-state index in [-0.39, 0.29) is 12.2 Å². The van der Waals surface area contributed by atoms with Crippen molar-refractivity contribution in [1.82, 2.24) is 4.90 Å². The number of rotatable bonds is 3. The second-order valence-electron chi connectivity index (χ2n) is 4.13. The lowest BCUT2D eigenvalue weighted by Crippen LogP contribution is -2.45. The maximum absolute atomic E-state index is 12.0. The summed E-state index contributed by atoms with van der Waals surface area (Å²) < 4.78 is 35.1. The molecule has 0 aromatic heterocycles. The van der Waals surface area contributed by atoms with Crippen molar-refractivity contribution in [2.24, 2.45) is 0 Å². The standard InChI is InChI=1S/C10H17F2NO2/c11-9(12)1-4-13-5-2-10(3-6-13)14-7-8-15-10/h9H,1-8H2. The van der Waals surface area contributed by atoms with Crippen molar-refractivity contribution in [3.8, 4) is 0 Å². The van der Waals surface area contributed by atoms with Crippen LogP contribution in [0.2, 0.25) is 0 Å². The van der Waals surface area contributed by atoms with Gasteiger partial charge in [0.2, 0.25) is 6.43 Å². The van der Waals surface area contributed by atoms with Crippen LogP contribution in [0.5, 0.6) is 0 Å². The first kappa shape index (κ1) is 11.2. The molecule has 0 bridgehead atoms. The summed E-state index contributed by atoms with van der Waals surface area (Å²) in [5.74, 6) is -0.388. The molecule has 0 aliphatic carbocycles. The lowest BCUT2D eigenvalue weighted by atomic mass is 10.0. The third kappa shape index (κ3) is 2.86. The zero-order valence-corrected chi connectivity index (χ0v) is 8.75. The molecule has 5 heteroatoms. The minimum atomic E-state index is -2.19. The van der Waals surface area contributed by atoms with Crippen LogP contribution in [0.4, 0.5) is 8.78 Å². The molecule has 1 spiro atoms. The van der Waals surface area contributed by atoms with E-state index in [1.54, 1.807) is 0 Å². The Morgan fingerprint density at radius 1 is 1.13 bits per heavy atom. The van der Waals surface area contributed by atoms with Crippen LogP contribution in [0, 0.1) is 0 Å². The minimum absolute atomic E-state index is 0.0330. The van der Waals surface area contributed by atoms with Gasteiger partial charge in [0.25, 0.3) is 0 Å². The van der Waals surface area contributed by atoms with E-state index in [0.29, 0.717) is 19.8 Å². The molecule has 2 saturated heterocycles. The predicted molar refractivity (Wildman–Crippen MR) is 50.9 cm³/mol. The van der Waals surface area contributed by atoms with Crippen LogP contribution in [0.1, 0.15) is 19.3 Å². The second kappa shape index (κ2) is 4.72. The molecule has 15 heavy (non-hydrogen) atoms. The molecule has 2 heterocycles. The first-order valence-corrected chi connectivity index (χ1v) is 5.49. The normalized spacial score (nSPS) is 26.6. The van der Waals surface area contributed by atoms with Gasteiger partial charge in [-0.05, 0) is 0 Å². The molecule has 0 radical (unpaired) electrons. The predicted octanol–water partition coefficient (Wildman–Crippen LogP) is 1.48. The second-order valence-corrected chi connectivity index (χ2v) is 4.13. The Morgan fingerprint density at radius 3 is 2.27 bits per heavy atom. The number of likely N-dealkylation sites (tertiary alicyclic amines) is 1. The monoisotopic (exact) mass is 221 g/mol. The lowest BCUT2D eigenvalue weighted by Gasteiger charge is -2.37. The highest BCUT2D eigenvalue weighted by atomic mass is 19.3. The average molecular weight is 221 g/mol. The summed E-state index contributed by atoms with van der Waals surface area (Å²) in [6.07, 6.45) is -0.624. The largest absolute Gasteiger partial charge is 0.347 e. The summed E-state index contributed by atoms with van der Waals surface area (Å²) in [6, 6.07) is 0. The van der Waals surface area contributed by atoms with Crippen molar-refractivity contribution in [2.75, 3.05) is 32.8 Å². The fourth-order valence-electron chi connectivity index (χ4n) is 2.18. The number of hydrogen-bond donors (Lipinski definition) is 0. The molecular formula is C10H17F2NO2. The summed E-state index contributed by atoms with van der Waals surface area (Å²) in [4.78, 5) is 2.06. The Kier molecular flexibility index (Phi) is 3.53. The van der Waals surface area contributed by atoms with Gasteiger partial charge in [0.1, 0.15) is 0 Å². The maximum atomic E-state index is 12.0. The highest BCUT2D eigenvalue weighted by Crippen LogP contribution is 2.31. The molecule has 0 amide bonds. The Morgan fingerprint density at radius 2 is 1.73 bits per heavy atom. The molecule has 0 N–H and O–H groups in total. The average Bonchev–Trinajstić information content (AvgIpc) is 2.66. The zero-order valence-electron chi connectivity index (χ0n) is 8.75. The van der Waals surface area contributed by atoms with Crippen molar-refractivity contribution in [1.29, 1.82) is 0 Å². The number of alkyl halides is 2. The maximum Gasteiger partial charge on any atom is 0.239 e. The fourth-order valence-corrected chi connectivity index (χ4v) is 2.18. The summed E-state index contributed by atoms with van der Waals surface area (Å²) in [5.41, 5.74) is 0. The minimum Gasteiger partial charge on any atom is -0.347 e. The van der Waals surface area contributed by atoms with E-state index in [4.69, 9.17) is 9.47 Å². The van der Waals surface area contributed by atoms with E-state index >= 15 is 0 Å². The van der Waals surface area contributed by atoms with Crippen LogP contribution >= 0.6 is 0 Å². The summed E-state index contributed by atoms with van der Waals surface area (Å²) in [6.45, 7) is 3.40. The van der Waals surface area contributed by atoms with Crippen molar-refractivity contribution >= 4 is 0 Å².